The van der Waals surface area contributed by atoms with Gasteiger partial charge >= 0.3 is 0 Å². The Bertz CT molecular complexity index is 736. The van der Waals surface area contributed by atoms with Gasteiger partial charge in [-0.05, 0) is 38.4 Å². The van der Waals surface area contributed by atoms with Crippen molar-refractivity contribution in [1.29, 1.82) is 0 Å². The summed E-state index contributed by atoms with van der Waals surface area (Å²) in [5.41, 5.74) is 2.72. The van der Waals surface area contributed by atoms with E-state index in [0.29, 0.717) is 12.0 Å². The Balaban J connectivity index is 0.00000363. The molecule has 0 bridgehead atoms. The average molecular weight is 550 g/mol. The van der Waals surface area contributed by atoms with Gasteiger partial charge < -0.3 is 15.5 Å². The second-order valence-electron chi connectivity index (χ2n) is 8.50. The molecular weight excluding hydrogens is 509 g/mol. The summed E-state index contributed by atoms with van der Waals surface area (Å²) in [5.74, 6) is 1.30. The molecule has 1 heterocycles. The number of hydrogen-bond acceptors (Lipinski definition) is 3. The third-order valence-corrected chi connectivity index (χ3v) is 6.15. The summed E-state index contributed by atoms with van der Waals surface area (Å²) in [4.78, 5) is 9.84. The summed E-state index contributed by atoms with van der Waals surface area (Å²) in [7, 11) is 2.20. The quantitative estimate of drug-likeness (QED) is 0.282. The highest BCUT2D eigenvalue weighted by molar-refractivity contribution is 14.0. The number of likely N-dealkylation sites (N-methyl/N-ethyl adjacent to an activating group) is 1. The number of aliphatic imine (C=N–C) groups is 1. The maximum Gasteiger partial charge on any atom is 0.191 e. The first kappa shape index (κ1) is 26.6. The van der Waals surface area contributed by atoms with Gasteiger partial charge in [0.15, 0.2) is 5.96 Å². The molecule has 0 radical (unpaired) electrons. The lowest BCUT2D eigenvalue weighted by Crippen LogP contribution is -2.49. The van der Waals surface area contributed by atoms with E-state index < -0.39 is 0 Å². The number of guanidine groups is 1. The van der Waals surface area contributed by atoms with Crippen LogP contribution in [-0.2, 0) is 0 Å². The highest BCUT2D eigenvalue weighted by Gasteiger charge is 2.19. The zero-order valence-electron chi connectivity index (χ0n) is 19.8. The minimum absolute atomic E-state index is 0. The summed E-state index contributed by atoms with van der Waals surface area (Å²) in [6.45, 7) is 11.5. The summed E-state index contributed by atoms with van der Waals surface area (Å²) >= 11 is 0. The first-order chi connectivity index (χ1) is 15.2. The Kier molecular flexibility index (Phi) is 12.1. The van der Waals surface area contributed by atoms with Crippen LogP contribution in [-0.4, -0.2) is 74.7 Å². The van der Waals surface area contributed by atoms with Crippen molar-refractivity contribution in [2.45, 2.75) is 32.2 Å². The zero-order valence-corrected chi connectivity index (χ0v) is 22.2. The lowest BCUT2D eigenvalue weighted by Gasteiger charge is -2.35. The smallest absolute Gasteiger partial charge is 0.191 e. The molecule has 1 aliphatic rings. The summed E-state index contributed by atoms with van der Waals surface area (Å²) < 4.78 is 0. The Labute approximate surface area is 211 Å². The molecule has 1 atom stereocenters. The average Bonchev–Trinajstić information content (AvgIpc) is 2.81. The molecule has 2 aromatic carbocycles. The predicted molar refractivity (Wildman–Crippen MR) is 147 cm³/mol. The third-order valence-electron chi connectivity index (χ3n) is 6.15. The van der Waals surface area contributed by atoms with Gasteiger partial charge in [0.25, 0.3) is 0 Å². The lowest BCUT2D eigenvalue weighted by molar-refractivity contribution is 0.122. The minimum Gasteiger partial charge on any atom is -0.357 e. The maximum atomic E-state index is 4.89. The van der Waals surface area contributed by atoms with Crippen LogP contribution in [0.3, 0.4) is 0 Å². The van der Waals surface area contributed by atoms with E-state index in [-0.39, 0.29) is 24.0 Å². The van der Waals surface area contributed by atoms with E-state index in [1.807, 2.05) is 0 Å². The van der Waals surface area contributed by atoms with Crippen LogP contribution in [0.2, 0.25) is 0 Å². The maximum absolute atomic E-state index is 4.89. The van der Waals surface area contributed by atoms with Crippen LogP contribution in [0, 0.1) is 0 Å². The highest BCUT2D eigenvalue weighted by Crippen LogP contribution is 2.27. The number of nitrogens with one attached hydrogen (secondary N) is 2. The molecule has 3 rings (SSSR count). The van der Waals surface area contributed by atoms with Crippen molar-refractivity contribution >= 4 is 29.9 Å². The molecule has 6 heteroatoms. The molecule has 1 saturated heterocycles. The van der Waals surface area contributed by atoms with E-state index in [9.17, 15) is 0 Å². The molecule has 32 heavy (non-hydrogen) atoms. The second kappa shape index (κ2) is 14.5. The van der Waals surface area contributed by atoms with E-state index in [1.54, 1.807) is 0 Å². The highest BCUT2D eigenvalue weighted by atomic mass is 127. The number of hydrogen-bond donors (Lipinski definition) is 2. The van der Waals surface area contributed by atoms with Gasteiger partial charge in [-0.1, -0.05) is 60.7 Å². The molecule has 1 unspecified atom stereocenters. The third kappa shape index (κ3) is 8.37. The number of benzene rings is 2. The van der Waals surface area contributed by atoms with Crippen molar-refractivity contribution in [3.8, 4) is 0 Å². The van der Waals surface area contributed by atoms with Gasteiger partial charge in [0.05, 0.1) is 6.54 Å². The number of halogens is 1. The van der Waals surface area contributed by atoms with E-state index >= 15 is 0 Å². The predicted octanol–water partition coefficient (Wildman–Crippen LogP) is 4.02. The fraction of sp³-hybridized carbons (Fsp3) is 0.500. The van der Waals surface area contributed by atoms with Crippen molar-refractivity contribution in [3.05, 3.63) is 71.8 Å². The first-order valence-electron chi connectivity index (χ1n) is 11.7. The Morgan fingerprint density at radius 3 is 2.00 bits per heavy atom. The first-order valence-corrected chi connectivity index (χ1v) is 11.7. The molecule has 1 fully saturated rings. The normalized spacial score (nSPS) is 16.4. The van der Waals surface area contributed by atoms with Gasteiger partial charge in [-0.25, -0.2) is 0 Å². The second-order valence-corrected chi connectivity index (χ2v) is 8.50. The largest absolute Gasteiger partial charge is 0.357 e. The van der Waals surface area contributed by atoms with E-state index in [0.717, 1.165) is 58.2 Å². The van der Waals surface area contributed by atoms with Crippen molar-refractivity contribution in [2.75, 3.05) is 52.9 Å². The molecule has 0 aliphatic carbocycles. The van der Waals surface area contributed by atoms with Crippen molar-refractivity contribution in [2.24, 2.45) is 4.99 Å². The summed E-state index contributed by atoms with van der Waals surface area (Å²) in [6.07, 6.45) is 1.02. The molecule has 176 valence electrons. The van der Waals surface area contributed by atoms with Crippen molar-refractivity contribution < 1.29 is 0 Å². The lowest BCUT2D eigenvalue weighted by atomic mass is 9.88. The van der Waals surface area contributed by atoms with E-state index in [2.05, 4.69) is 102 Å². The summed E-state index contributed by atoms with van der Waals surface area (Å²) in [6, 6.07) is 22.1. The Morgan fingerprint density at radius 2 is 1.47 bits per heavy atom. The zero-order chi connectivity index (χ0) is 21.9. The molecule has 0 aromatic heterocycles. The van der Waals surface area contributed by atoms with Gasteiger partial charge in [-0.2, -0.15) is 0 Å². The van der Waals surface area contributed by atoms with Gasteiger partial charge in [0, 0.05) is 51.2 Å². The Hall–Kier alpha value is -1.64. The van der Waals surface area contributed by atoms with Crippen LogP contribution in [0.25, 0.3) is 0 Å². The monoisotopic (exact) mass is 549 g/mol. The number of piperazine rings is 1. The standard InChI is InChI=1S/C26H39N5.HI/c1-4-27-26(29-21-22(2)31-19-17-30(3)18-20-31)28-16-15-25(23-11-7-5-8-12-23)24-13-9-6-10-14-24;/h5-14,22,25H,4,15-21H2,1-3H3,(H2,27,28,29);1H. The molecule has 0 spiro atoms. The number of nitrogens with zero attached hydrogens (tertiary/aromatic N) is 3. The van der Waals surface area contributed by atoms with Gasteiger partial charge in [-0.15, -0.1) is 24.0 Å². The SMILES string of the molecule is CCNC(=NCC(C)N1CCN(C)CC1)NCCC(c1ccccc1)c1ccccc1.I. The summed E-state index contributed by atoms with van der Waals surface area (Å²) in [5, 5.41) is 6.98. The van der Waals surface area contributed by atoms with Crippen LogP contribution < -0.4 is 10.6 Å². The number of rotatable bonds is 9. The van der Waals surface area contributed by atoms with Crippen molar-refractivity contribution in [3.63, 3.8) is 0 Å². The molecule has 1 aliphatic heterocycles. The molecule has 2 aromatic rings. The van der Waals surface area contributed by atoms with Gasteiger partial charge in [-0.3, -0.25) is 9.89 Å². The topological polar surface area (TPSA) is 42.9 Å². The van der Waals surface area contributed by atoms with Gasteiger partial charge in [0.2, 0.25) is 0 Å². The molecular formula is C26H40IN5. The fourth-order valence-electron chi connectivity index (χ4n) is 4.17. The molecule has 0 saturated carbocycles. The Morgan fingerprint density at radius 1 is 0.906 bits per heavy atom. The van der Waals surface area contributed by atoms with Crippen LogP contribution in [0.4, 0.5) is 0 Å². The molecule has 2 N–H and O–H groups in total. The van der Waals surface area contributed by atoms with Crippen molar-refractivity contribution in [1.82, 2.24) is 20.4 Å². The molecule has 0 amide bonds. The van der Waals surface area contributed by atoms with Crippen LogP contribution in [0.5, 0.6) is 0 Å². The van der Waals surface area contributed by atoms with Crippen LogP contribution in [0.15, 0.2) is 65.7 Å². The van der Waals surface area contributed by atoms with Gasteiger partial charge in [0.1, 0.15) is 0 Å². The van der Waals surface area contributed by atoms with E-state index in [4.69, 9.17) is 4.99 Å². The fourth-order valence-corrected chi connectivity index (χ4v) is 4.17. The van der Waals surface area contributed by atoms with Crippen LogP contribution >= 0.6 is 24.0 Å². The van der Waals surface area contributed by atoms with Crippen LogP contribution in [0.1, 0.15) is 37.3 Å². The minimum atomic E-state index is 0. The molecule has 5 nitrogen and oxygen atoms in total. The van der Waals surface area contributed by atoms with E-state index in [1.165, 1.54) is 11.1 Å².